The van der Waals surface area contributed by atoms with E-state index in [9.17, 15) is 0 Å². The quantitative estimate of drug-likeness (QED) is 0.673. The van der Waals surface area contributed by atoms with Crippen LogP contribution in [0.25, 0.3) is 0 Å². The van der Waals surface area contributed by atoms with Gasteiger partial charge in [0.15, 0.2) is 6.39 Å². The van der Waals surface area contributed by atoms with Crippen LogP contribution >= 0.6 is 23.4 Å². The summed E-state index contributed by atoms with van der Waals surface area (Å²) in [5.41, 5.74) is 7.46. The zero-order chi connectivity index (χ0) is 11.5. The van der Waals surface area contributed by atoms with Gasteiger partial charge in [-0.15, -0.1) is 11.8 Å². The van der Waals surface area contributed by atoms with Crippen molar-refractivity contribution in [3.63, 3.8) is 0 Å². The molecule has 0 aliphatic heterocycles. The number of benzene rings is 1. The van der Waals surface area contributed by atoms with Gasteiger partial charge in [-0.25, -0.2) is 4.98 Å². The minimum Gasteiger partial charge on any atom is -0.448 e. The van der Waals surface area contributed by atoms with Gasteiger partial charge in [-0.3, -0.25) is 0 Å². The molecule has 0 saturated carbocycles. The Hall–Kier alpha value is -1.13. The number of hydrogen-bond acceptors (Lipinski definition) is 4. The van der Waals surface area contributed by atoms with Crippen molar-refractivity contribution < 1.29 is 4.42 Å². The highest BCUT2D eigenvalue weighted by atomic mass is 35.5. The Morgan fingerprint density at radius 3 is 2.94 bits per heavy atom. The lowest BCUT2D eigenvalue weighted by atomic mass is 10.3. The Kier molecular flexibility index (Phi) is 3.41. The van der Waals surface area contributed by atoms with E-state index < -0.39 is 0 Å². The van der Waals surface area contributed by atoms with Gasteiger partial charge in [-0.1, -0.05) is 17.7 Å². The number of nitrogens with two attached hydrogens (primary N) is 1. The molecular formula is C11H11ClN2OS. The van der Waals surface area contributed by atoms with Crippen LogP contribution in [0.15, 0.2) is 33.9 Å². The van der Waals surface area contributed by atoms with E-state index in [1.54, 1.807) is 11.8 Å². The highest BCUT2D eigenvalue weighted by molar-refractivity contribution is 7.98. The first-order valence-electron chi connectivity index (χ1n) is 4.74. The average Bonchev–Trinajstić information content (AvgIpc) is 2.64. The highest BCUT2D eigenvalue weighted by Gasteiger charge is 2.08. The van der Waals surface area contributed by atoms with Crippen LogP contribution in [-0.2, 0) is 5.75 Å². The Morgan fingerprint density at radius 2 is 2.31 bits per heavy atom. The highest BCUT2D eigenvalue weighted by Crippen LogP contribution is 2.34. The van der Waals surface area contributed by atoms with Crippen LogP contribution in [-0.4, -0.2) is 4.98 Å². The summed E-state index contributed by atoms with van der Waals surface area (Å²) in [4.78, 5) is 5.01. The molecule has 3 nitrogen and oxygen atoms in total. The average molecular weight is 255 g/mol. The Bertz CT molecular complexity index is 478. The van der Waals surface area contributed by atoms with Gasteiger partial charge in [0, 0.05) is 16.3 Å². The molecule has 0 bridgehead atoms. The van der Waals surface area contributed by atoms with Gasteiger partial charge in [0.05, 0.1) is 10.7 Å². The summed E-state index contributed by atoms with van der Waals surface area (Å²) in [6.45, 7) is 1.89. The number of aromatic nitrogens is 1. The van der Waals surface area contributed by atoms with Gasteiger partial charge in [0.25, 0.3) is 0 Å². The van der Waals surface area contributed by atoms with Crippen LogP contribution in [0.2, 0.25) is 5.02 Å². The van der Waals surface area contributed by atoms with Gasteiger partial charge >= 0.3 is 0 Å². The Balaban J connectivity index is 2.14. The smallest absolute Gasteiger partial charge is 0.181 e. The van der Waals surface area contributed by atoms with Gasteiger partial charge in [0.1, 0.15) is 5.76 Å². The molecule has 2 aromatic rings. The summed E-state index contributed by atoms with van der Waals surface area (Å²) in [6.07, 6.45) is 1.45. The third kappa shape index (κ3) is 2.33. The number of anilines is 1. The summed E-state index contributed by atoms with van der Waals surface area (Å²) >= 11 is 7.63. The fraction of sp³-hybridized carbons (Fsp3) is 0.182. The molecule has 2 rings (SSSR count). The maximum absolute atomic E-state index is 6.06. The van der Waals surface area contributed by atoms with E-state index >= 15 is 0 Å². The van der Waals surface area contributed by atoms with E-state index in [4.69, 9.17) is 21.8 Å². The molecule has 0 aliphatic carbocycles. The largest absolute Gasteiger partial charge is 0.448 e. The molecule has 1 aromatic carbocycles. The maximum Gasteiger partial charge on any atom is 0.181 e. The van der Waals surface area contributed by atoms with Crippen LogP contribution in [0.4, 0.5) is 5.69 Å². The van der Waals surface area contributed by atoms with E-state index in [-0.39, 0.29) is 0 Å². The van der Waals surface area contributed by atoms with Crippen molar-refractivity contribution >= 4 is 29.1 Å². The first-order valence-corrected chi connectivity index (χ1v) is 6.10. The molecule has 1 aromatic heterocycles. The van der Waals surface area contributed by atoms with Crippen LogP contribution < -0.4 is 5.73 Å². The molecule has 0 spiro atoms. The van der Waals surface area contributed by atoms with Crippen LogP contribution in [0.3, 0.4) is 0 Å². The molecule has 5 heteroatoms. The summed E-state index contributed by atoms with van der Waals surface area (Å²) in [5.74, 6) is 1.54. The van der Waals surface area contributed by atoms with Crippen molar-refractivity contribution in [1.29, 1.82) is 0 Å². The van der Waals surface area contributed by atoms with Gasteiger partial charge in [-0.2, -0.15) is 0 Å². The van der Waals surface area contributed by atoms with Gasteiger partial charge < -0.3 is 10.2 Å². The minimum atomic E-state index is 0.672. The number of thioether (sulfide) groups is 1. The lowest BCUT2D eigenvalue weighted by Gasteiger charge is -2.06. The maximum atomic E-state index is 6.06. The van der Waals surface area contributed by atoms with E-state index in [1.165, 1.54) is 6.39 Å². The lowest BCUT2D eigenvalue weighted by Crippen LogP contribution is -1.90. The molecule has 0 radical (unpaired) electrons. The van der Waals surface area contributed by atoms with E-state index in [0.29, 0.717) is 16.5 Å². The summed E-state index contributed by atoms with van der Waals surface area (Å²) in [7, 11) is 0. The molecule has 84 valence electrons. The van der Waals surface area contributed by atoms with Gasteiger partial charge in [0.2, 0.25) is 0 Å². The zero-order valence-corrected chi connectivity index (χ0v) is 10.3. The van der Waals surface area contributed by atoms with Crippen LogP contribution in [0.5, 0.6) is 0 Å². The first kappa shape index (κ1) is 11.4. The van der Waals surface area contributed by atoms with Gasteiger partial charge in [-0.05, 0) is 19.1 Å². The monoisotopic (exact) mass is 254 g/mol. The van der Waals surface area contributed by atoms with Crippen molar-refractivity contribution in [2.24, 2.45) is 0 Å². The molecule has 1 heterocycles. The Labute approximate surface area is 103 Å². The molecule has 0 aliphatic rings. The third-order valence-electron chi connectivity index (χ3n) is 2.20. The molecule has 0 amide bonds. The summed E-state index contributed by atoms with van der Waals surface area (Å²) < 4.78 is 5.12. The normalized spacial score (nSPS) is 10.6. The lowest BCUT2D eigenvalue weighted by molar-refractivity contribution is 0.525. The van der Waals surface area contributed by atoms with Crippen molar-refractivity contribution in [1.82, 2.24) is 4.98 Å². The minimum absolute atomic E-state index is 0.672. The SMILES string of the molecule is Cc1ocnc1CSc1c(N)cccc1Cl. The number of nitrogen functional groups attached to an aromatic ring is 1. The fourth-order valence-electron chi connectivity index (χ4n) is 1.29. The molecule has 16 heavy (non-hydrogen) atoms. The molecule has 0 unspecified atom stereocenters. The number of oxazole rings is 1. The number of aryl methyl sites for hydroxylation is 1. The number of rotatable bonds is 3. The number of nitrogens with zero attached hydrogens (tertiary/aromatic N) is 1. The molecule has 0 fully saturated rings. The fourth-order valence-corrected chi connectivity index (χ4v) is 2.63. The van der Waals surface area contributed by atoms with Crippen LogP contribution in [0, 0.1) is 6.92 Å². The molecule has 2 N–H and O–H groups in total. The predicted molar refractivity (Wildman–Crippen MR) is 66.7 cm³/mol. The first-order chi connectivity index (χ1) is 7.68. The number of hydrogen-bond donors (Lipinski definition) is 1. The molecule has 0 atom stereocenters. The van der Waals surface area contributed by atoms with E-state index in [1.807, 2.05) is 25.1 Å². The second kappa shape index (κ2) is 4.80. The third-order valence-corrected chi connectivity index (χ3v) is 3.78. The summed E-state index contributed by atoms with van der Waals surface area (Å²) in [6, 6.07) is 5.50. The van der Waals surface area contributed by atoms with Crippen molar-refractivity contribution in [2.45, 2.75) is 17.6 Å². The van der Waals surface area contributed by atoms with E-state index in [0.717, 1.165) is 16.3 Å². The topological polar surface area (TPSA) is 52.0 Å². The molecular weight excluding hydrogens is 244 g/mol. The molecule has 0 saturated heterocycles. The van der Waals surface area contributed by atoms with Crippen LogP contribution in [0.1, 0.15) is 11.5 Å². The summed E-state index contributed by atoms with van der Waals surface area (Å²) in [5, 5.41) is 0.672. The van der Waals surface area contributed by atoms with Crippen molar-refractivity contribution in [3.05, 3.63) is 41.1 Å². The van der Waals surface area contributed by atoms with Crippen molar-refractivity contribution in [2.75, 3.05) is 5.73 Å². The Morgan fingerprint density at radius 1 is 1.50 bits per heavy atom. The standard InChI is InChI=1S/C11H11ClN2OS/c1-7-10(14-6-15-7)5-16-11-8(12)3-2-4-9(11)13/h2-4,6H,5,13H2,1H3. The predicted octanol–water partition coefficient (Wildman–Crippen LogP) is 3.51. The zero-order valence-electron chi connectivity index (χ0n) is 8.74. The van der Waals surface area contributed by atoms with E-state index in [2.05, 4.69) is 4.98 Å². The van der Waals surface area contributed by atoms with Crippen molar-refractivity contribution in [3.8, 4) is 0 Å². The number of halogens is 1. The second-order valence-corrected chi connectivity index (χ2v) is 4.69. The second-order valence-electron chi connectivity index (χ2n) is 3.30.